The number of rotatable bonds is 4. The van der Waals surface area contributed by atoms with Gasteiger partial charge in [0, 0.05) is 5.56 Å². The lowest BCUT2D eigenvalue weighted by atomic mass is 10.0. The van der Waals surface area contributed by atoms with Gasteiger partial charge in [-0.25, -0.2) is 4.39 Å². The Morgan fingerprint density at radius 3 is 2.24 bits per heavy atom. The van der Waals surface area contributed by atoms with Crippen LogP contribution in [0, 0.1) is 19.7 Å². The molecular formula is C22H19FN2. The van der Waals surface area contributed by atoms with Crippen LogP contribution >= 0.6 is 0 Å². The molecular weight excluding hydrogens is 311 g/mol. The molecule has 0 heterocycles. The molecule has 3 heteroatoms. The predicted octanol–water partition coefficient (Wildman–Crippen LogP) is 5.56. The molecule has 0 saturated carbocycles. The predicted molar refractivity (Wildman–Crippen MR) is 103 cm³/mol. The molecule has 0 saturated heterocycles. The highest BCUT2D eigenvalue weighted by molar-refractivity contribution is 5.84. The van der Waals surface area contributed by atoms with E-state index in [-0.39, 0.29) is 5.82 Å². The second-order valence-electron chi connectivity index (χ2n) is 5.95. The van der Waals surface area contributed by atoms with Gasteiger partial charge in [0.2, 0.25) is 0 Å². The monoisotopic (exact) mass is 330 g/mol. The molecule has 3 aromatic carbocycles. The number of hydrogen-bond donors (Lipinski definition) is 0. The largest absolute Gasteiger partial charge is 0.206 e. The highest BCUT2D eigenvalue weighted by Gasteiger charge is 2.05. The van der Waals surface area contributed by atoms with Gasteiger partial charge in [0.25, 0.3) is 0 Å². The molecule has 0 unspecified atom stereocenters. The van der Waals surface area contributed by atoms with E-state index in [2.05, 4.69) is 10.2 Å². The summed E-state index contributed by atoms with van der Waals surface area (Å²) >= 11 is 0. The summed E-state index contributed by atoms with van der Waals surface area (Å²) in [7, 11) is 0. The maximum absolute atomic E-state index is 14.4. The first-order valence-electron chi connectivity index (χ1n) is 8.12. The fraction of sp³-hybridized carbons (Fsp3) is 0.0909. The quantitative estimate of drug-likeness (QED) is 0.442. The summed E-state index contributed by atoms with van der Waals surface area (Å²) in [6.45, 7) is 4.03. The number of aryl methyl sites for hydroxylation is 2. The SMILES string of the molecule is Cc1ccc(-c2ccc(C=NN=Cc3ccccc3C)cc2F)cc1. The Morgan fingerprint density at radius 2 is 1.52 bits per heavy atom. The van der Waals surface area contributed by atoms with Crippen LogP contribution in [0.4, 0.5) is 4.39 Å². The van der Waals surface area contributed by atoms with Crippen molar-refractivity contribution in [3.8, 4) is 11.1 Å². The molecule has 124 valence electrons. The third-order valence-electron chi connectivity index (χ3n) is 4.01. The maximum atomic E-state index is 14.4. The van der Waals surface area contributed by atoms with Crippen LogP contribution in [0.15, 0.2) is 76.9 Å². The number of halogens is 1. The van der Waals surface area contributed by atoms with Crippen LogP contribution < -0.4 is 0 Å². The highest BCUT2D eigenvalue weighted by atomic mass is 19.1. The topological polar surface area (TPSA) is 24.7 Å². The Hall–Kier alpha value is -3.07. The third kappa shape index (κ3) is 4.27. The third-order valence-corrected chi connectivity index (χ3v) is 4.01. The summed E-state index contributed by atoms with van der Waals surface area (Å²) in [4.78, 5) is 0. The van der Waals surface area contributed by atoms with Gasteiger partial charge < -0.3 is 0 Å². The number of hydrogen-bond acceptors (Lipinski definition) is 2. The molecule has 0 fully saturated rings. The van der Waals surface area contributed by atoms with Gasteiger partial charge in [-0.3, -0.25) is 0 Å². The van der Waals surface area contributed by atoms with Crippen LogP contribution in [0.5, 0.6) is 0 Å². The van der Waals surface area contributed by atoms with E-state index in [1.54, 1.807) is 18.5 Å². The van der Waals surface area contributed by atoms with Crippen LogP contribution in [0.25, 0.3) is 11.1 Å². The van der Waals surface area contributed by atoms with Crippen LogP contribution in [0.1, 0.15) is 22.3 Å². The van der Waals surface area contributed by atoms with E-state index in [1.165, 1.54) is 6.07 Å². The van der Waals surface area contributed by atoms with Crippen LogP contribution in [0.3, 0.4) is 0 Å². The van der Waals surface area contributed by atoms with E-state index in [0.29, 0.717) is 11.1 Å². The van der Waals surface area contributed by atoms with E-state index in [0.717, 1.165) is 22.3 Å². The van der Waals surface area contributed by atoms with E-state index < -0.39 is 0 Å². The van der Waals surface area contributed by atoms with Gasteiger partial charge in [0.1, 0.15) is 5.82 Å². The average Bonchev–Trinajstić information content (AvgIpc) is 2.61. The minimum Gasteiger partial charge on any atom is -0.206 e. The molecule has 3 rings (SSSR count). The molecule has 0 spiro atoms. The molecule has 0 aromatic heterocycles. The number of nitrogens with zero attached hydrogens (tertiary/aromatic N) is 2. The fourth-order valence-corrected chi connectivity index (χ4v) is 2.51. The molecule has 0 amide bonds. The van der Waals surface area contributed by atoms with Crippen LogP contribution in [-0.2, 0) is 0 Å². The normalized spacial score (nSPS) is 11.5. The molecule has 0 bridgehead atoms. The van der Waals surface area contributed by atoms with Gasteiger partial charge >= 0.3 is 0 Å². The van der Waals surface area contributed by atoms with Crippen molar-refractivity contribution < 1.29 is 4.39 Å². The lowest BCUT2D eigenvalue weighted by Crippen LogP contribution is -1.89. The van der Waals surface area contributed by atoms with Crippen LogP contribution in [0.2, 0.25) is 0 Å². The van der Waals surface area contributed by atoms with Gasteiger partial charge in [0.15, 0.2) is 0 Å². The molecule has 0 N–H and O–H groups in total. The van der Waals surface area contributed by atoms with E-state index >= 15 is 0 Å². The second kappa shape index (κ2) is 7.67. The zero-order valence-corrected chi connectivity index (χ0v) is 14.3. The summed E-state index contributed by atoms with van der Waals surface area (Å²) in [5.41, 5.74) is 5.43. The minimum absolute atomic E-state index is 0.268. The zero-order chi connectivity index (χ0) is 17.6. The lowest BCUT2D eigenvalue weighted by Gasteiger charge is -2.04. The first-order valence-corrected chi connectivity index (χ1v) is 8.12. The lowest BCUT2D eigenvalue weighted by molar-refractivity contribution is 0.631. The van der Waals surface area contributed by atoms with Gasteiger partial charge in [-0.15, -0.1) is 0 Å². The molecule has 0 aliphatic heterocycles. The van der Waals surface area contributed by atoms with Gasteiger partial charge in [0.05, 0.1) is 12.4 Å². The van der Waals surface area contributed by atoms with Gasteiger partial charge in [-0.05, 0) is 42.2 Å². The number of benzene rings is 3. The Kier molecular flexibility index (Phi) is 5.14. The average molecular weight is 330 g/mol. The summed E-state index contributed by atoms with van der Waals surface area (Å²) in [6.07, 6.45) is 3.25. The van der Waals surface area contributed by atoms with Crippen molar-refractivity contribution in [3.63, 3.8) is 0 Å². The summed E-state index contributed by atoms with van der Waals surface area (Å²) in [5, 5.41) is 8.05. The molecule has 0 aliphatic rings. The summed E-state index contributed by atoms with van der Waals surface area (Å²) in [6, 6.07) is 20.8. The van der Waals surface area contributed by atoms with Gasteiger partial charge in [-0.1, -0.05) is 66.2 Å². The summed E-state index contributed by atoms with van der Waals surface area (Å²) in [5.74, 6) is -0.268. The van der Waals surface area contributed by atoms with Gasteiger partial charge in [-0.2, -0.15) is 10.2 Å². The Labute approximate surface area is 147 Å². The summed E-state index contributed by atoms with van der Waals surface area (Å²) < 4.78 is 14.4. The highest BCUT2D eigenvalue weighted by Crippen LogP contribution is 2.23. The van der Waals surface area contributed by atoms with E-state index in [9.17, 15) is 4.39 Å². The standard InChI is InChI=1S/C22H19FN2/c1-16-7-10-19(11-8-16)21-12-9-18(13-22(21)23)14-24-25-15-20-6-4-3-5-17(20)2/h3-15H,1-2H3. The van der Waals surface area contributed by atoms with Crippen molar-refractivity contribution in [2.24, 2.45) is 10.2 Å². The molecule has 3 aromatic rings. The smallest absolute Gasteiger partial charge is 0.131 e. The molecule has 25 heavy (non-hydrogen) atoms. The van der Waals surface area contributed by atoms with Crippen LogP contribution in [-0.4, -0.2) is 12.4 Å². The van der Waals surface area contributed by atoms with Crippen molar-refractivity contribution in [2.45, 2.75) is 13.8 Å². The van der Waals surface area contributed by atoms with E-state index in [1.807, 2.05) is 68.4 Å². The second-order valence-corrected chi connectivity index (χ2v) is 5.95. The zero-order valence-electron chi connectivity index (χ0n) is 14.3. The Morgan fingerprint density at radius 1 is 0.800 bits per heavy atom. The van der Waals surface area contributed by atoms with E-state index in [4.69, 9.17) is 0 Å². The molecule has 0 atom stereocenters. The maximum Gasteiger partial charge on any atom is 0.131 e. The van der Waals surface area contributed by atoms with Crippen molar-refractivity contribution in [1.29, 1.82) is 0 Å². The van der Waals surface area contributed by atoms with Crippen molar-refractivity contribution >= 4 is 12.4 Å². The minimum atomic E-state index is -0.268. The van der Waals surface area contributed by atoms with Crippen molar-refractivity contribution in [2.75, 3.05) is 0 Å². The Balaban J connectivity index is 1.75. The molecule has 0 radical (unpaired) electrons. The molecule has 2 nitrogen and oxygen atoms in total. The first-order chi connectivity index (χ1) is 12.1. The first kappa shape index (κ1) is 16.8. The van der Waals surface area contributed by atoms with Crippen molar-refractivity contribution in [1.82, 2.24) is 0 Å². The molecule has 0 aliphatic carbocycles. The Bertz CT molecular complexity index is 925. The van der Waals surface area contributed by atoms with Crippen molar-refractivity contribution in [3.05, 3.63) is 94.8 Å². The fourth-order valence-electron chi connectivity index (χ4n) is 2.51.